The van der Waals surface area contributed by atoms with Crippen molar-refractivity contribution in [3.63, 3.8) is 0 Å². The summed E-state index contributed by atoms with van der Waals surface area (Å²) in [6.07, 6.45) is 3.44. The van der Waals surface area contributed by atoms with Crippen LogP contribution in [0, 0.1) is 0 Å². The van der Waals surface area contributed by atoms with Crippen LogP contribution in [0.25, 0.3) is 0 Å². The first-order valence-electron chi connectivity index (χ1n) is 10.1. The number of ether oxygens (including phenoxy) is 3. The molecule has 0 amide bonds. The van der Waals surface area contributed by atoms with Crippen LogP contribution in [0.2, 0.25) is 0 Å². The summed E-state index contributed by atoms with van der Waals surface area (Å²) >= 11 is 0. The number of nitrogens with zero attached hydrogens (tertiary/aromatic N) is 1. The lowest BCUT2D eigenvalue weighted by Gasteiger charge is -2.12. The van der Waals surface area contributed by atoms with Crippen LogP contribution in [0.15, 0.2) is 52.5 Å². The summed E-state index contributed by atoms with van der Waals surface area (Å²) in [7, 11) is -3.78. The number of hydrazone groups is 1. The normalized spacial score (nSPS) is 11.6. The SMILES string of the molecule is CCCCOc1ccc(/C=N/NS(=O)(=O)c2ccc(OC(C)C)cc2)cc1OCC. The Morgan fingerprint density at radius 3 is 2.40 bits per heavy atom. The number of hydrogen-bond donors (Lipinski definition) is 1. The van der Waals surface area contributed by atoms with E-state index in [2.05, 4.69) is 16.9 Å². The first kappa shape index (κ1) is 23.5. The molecule has 1 N–H and O–H groups in total. The van der Waals surface area contributed by atoms with E-state index >= 15 is 0 Å². The van der Waals surface area contributed by atoms with Crippen molar-refractivity contribution in [2.45, 2.75) is 51.5 Å². The second-order valence-electron chi connectivity index (χ2n) is 6.83. The molecule has 2 aromatic rings. The van der Waals surface area contributed by atoms with Crippen molar-refractivity contribution >= 4 is 16.2 Å². The first-order chi connectivity index (χ1) is 14.4. The quantitative estimate of drug-likeness (QED) is 0.305. The number of rotatable bonds is 12. The largest absolute Gasteiger partial charge is 0.491 e. The number of hydrogen-bond acceptors (Lipinski definition) is 6. The third kappa shape index (κ3) is 7.26. The van der Waals surface area contributed by atoms with E-state index in [1.165, 1.54) is 18.3 Å². The highest BCUT2D eigenvalue weighted by Crippen LogP contribution is 2.28. The van der Waals surface area contributed by atoms with E-state index in [1.807, 2.05) is 20.8 Å². The van der Waals surface area contributed by atoms with Gasteiger partial charge in [-0.05, 0) is 75.2 Å². The van der Waals surface area contributed by atoms with Crippen molar-refractivity contribution in [3.8, 4) is 17.2 Å². The zero-order valence-electron chi connectivity index (χ0n) is 17.9. The van der Waals surface area contributed by atoms with Crippen molar-refractivity contribution in [3.05, 3.63) is 48.0 Å². The van der Waals surface area contributed by atoms with Crippen LogP contribution in [-0.2, 0) is 10.0 Å². The molecule has 0 saturated heterocycles. The topological polar surface area (TPSA) is 86.2 Å². The fourth-order valence-corrected chi connectivity index (χ4v) is 3.30. The minimum absolute atomic E-state index is 0.0141. The zero-order valence-corrected chi connectivity index (χ0v) is 18.7. The monoisotopic (exact) mass is 434 g/mol. The summed E-state index contributed by atoms with van der Waals surface area (Å²) in [5.74, 6) is 1.87. The Bertz CT molecular complexity index is 925. The van der Waals surface area contributed by atoms with Crippen LogP contribution in [0.1, 0.15) is 46.1 Å². The van der Waals surface area contributed by atoms with E-state index in [1.54, 1.807) is 30.3 Å². The smallest absolute Gasteiger partial charge is 0.276 e. The van der Waals surface area contributed by atoms with E-state index in [0.717, 1.165) is 12.8 Å². The summed E-state index contributed by atoms with van der Waals surface area (Å²) in [5, 5.41) is 3.88. The highest BCUT2D eigenvalue weighted by molar-refractivity contribution is 7.89. The number of sulfonamides is 1. The molecule has 0 heterocycles. The van der Waals surface area contributed by atoms with Gasteiger partial charge >= 0.3 is 0 Å². The molecule has 0 atom stereocenters. The third-order valence-electron chi connectivity index (χ3n) is 3.92. The number of benzene rings is 2. The zero-order chi connectivity index (χ0) is 22.0. The fourth-order valence-electron chi connectivity index (χ4n) is 2.51. The summed E-state index contributed by atoms with van der Waals surface area (Å²) in [6, 6.07) is 11.5. The standard InChI is InChI=1S/C22H30N2O5S/c1-5-7-14-28-21-13-8-18(15-22(21)27-6-2)16-23-24-30(25,26)20-11-9-19(10-12-20)29-17(3)4/h8-13,15-17,24H,5-7,14H2,1-4H3/b23-16+. The van der Waals surface area contributed by atoms with Gasteiger partial charge in [0.1, 0.15) is 5.75 Å². The predicted octanol–water partition coefficient (Wildman–Crippen LogP) is 4.36. The van der Waals surface area contributed by atoms with Crippen molar-refractivity contribution in [1.82, 2.24) is 4.83 Å². The molecular weight excluding hydrogens is 404 g/mol. The predicted molar refractivity (Wildman–Crippen MR) is 118 cm³/mol. The first-order valence-corrected chi connectivity index (χ1v) is 11.5. The van der Waals surface area contributed by atoms with Crippen LogP contribution in [0.5, 0.6) is 17.2 Å². The fraction of sp³-hybridized carbons (Fsp3) is 0.409. The Morgan fingerprint density at radius 1 is 1.03 bits per heavy atom. The summed E-state index contributed by atoms with van der Waals surface area (Å²) < 4.78 is 41.7. The molecule has 0 aliphatic rings. The van der Waals surface area contributed by atoms with Gasteiger partial charge in [-0.15, -0.1) is 0 Å². The summed E-state index contributed by atoms with van der Waals surface area (Å²) in [6.45, 7) is 8.91. The maximum Gasteiger partial charge on any atom is 0.276 e. The van der Waals surface area contributed by atoms with Gasteiger partial charge in [0.15, 0.2) is 11.5 Å². The van der Waals surface area contributed by atoms with Crippen LogP contribution in [0.4, 0.5) is 0 Å². The van der Waals surface area contributed by atoms with E-state index in [-0.39, 0.29) is 11.0 Å². The molecule has 0 aromatic heterocycles. The molecule has 0 aliphatic heterocycles. The molecule has 2 aromatic carbocycles. The van der Waals surface area contributed by atoms with Gasteiger partial charge in [-0.2, -0.15) is 13.5 Å². The van der Waals surface area contributed by atoms with Gasteiger partial charge in [0.2, 0.25) is 0 Å². The van der Waals surface area contributed by atoms with Gasteiger partial charge < -0.3 is 14.2 Å². The maximum absolute atomic E-state index is 12.4. The Balaban J connectivity index is 2.06. The number of unbranched alkanes of at least 4 members (excludes halogenated alkanes) is 1. The molecule has 0 radical (unpaired) electrons. The molecule has 0 spiro atoms. The van der Waals surface area contributed by atoms with Gasteiger partial charge in [-0.3, -0.25) is 0 Å². The van der Waals surface area contributed by atoms with Crippen LogP contribution in [-0.4, -0.2) is 34.0 Å². The van der Waals surface area contributed by atoms with Crippen LogP contribution in [0.3, 0.4) is 0 Å². The summed E-state index contributed by atoms with van der Waals surface area (Å²) in [4.78, 5) is 2.32. The van der Waals surface area contributed by atoms with E-state index in [4.69, 9.17) is 14.2 Å². The molecule has 7 nitrogen and oxygen atoms in total. The number of nitrogens with one attached hydrogen (secondary N) is 1. The van der Waals surface area contributed by atoms with Crippen molar-refractivity contribution in [2.75, 3.05) is 13.2 Å². The molecule has 164 valence electrons. The molecule has 30 heavy (non-hydrogen) atoms. The molecular formula is C22H30N2O5S. The van der Waals surface area contributed by atoms with E-state index in [9.17, 15) is 8.42 Å². The lowest BCUT2D eigenvalue weighted by molar-refractivity contribution is 0.242. The molecule has 8 heteroatoms. The second kappa shape index (κ2) is 11.4. The van der Waals surface area contributed by atoms with Gasteiger partial charge in [0, 0.05) is 0 Å². The highest BCUT2D eigenvalue weighted by Gasteiger charge is 2.13. The lowest BCUT2D eigenvalue weighted by Crippen LogP contribution is -2.18. The highest BCUT2D eigenvalue weighted by atomic mass is 32.2. The van der Waals surface area contributed by atoms with Crippen molar-refractivity contribution in [1.29, 1.82) is 0 Å². The van der Waals surface area contributed by atoms with Crippen molar-refractivity contribution in [2.24, 2.45) is 5.10 Å². The molecule has 2 rings (SSSR count). The van der Waals surface area contributed by atoms with E-state index < -0.39 is 10.0 Å². The minimum atomic E-state index is -3.78. The van der Waals surface area contributed by atoms with E-state index in [0.29, 0.717) is 36.0 Å². The second-order valence-corrected chi connectivity index (χ2v) is 8.49. The van der Waals surface area contributed by atoms with Gasteiger partial charge in [0.05, 0.1) is 30.4 Å². The van der Waals surface area contributed by atoms with Crippen molar-refractivity contribution < 1.29 is 22.6 Å². The Morgan fingerprint density at radius 2 is 1.77 bits per heavy atom. The Kier molecular flexibility index (Phi) is 8.98. The van der Waals surface area contributed by atoms with Gasteiger partial charge in [0.25, 0.3) is 10.0 Å². The molecule has 0 fully saturated rings. The Hall–Kier alpha value is -2.74. The molecule has 0 bridgehead atoms. The maximum atomic E-state index is 12.4. The van der Waals surface area contributed by atoms with Gasteiger partial charge in [-0.25, -0.2) is 4.83 Å². The molecule has 0 unspecified atom stereocenters. The minimum Gasteiger partial charge on any atom is -0.491 e. The van der Waals surface area contributed by atoms with Crippen LogP contribution >= 0.6 is 0 Å². The summed E-state index contributed by atoms with van der Waals surface area (Å²) in [5.41, 5.74) is 0.685. The molecule has 0 aliphatic carbocycles. The van der Waals surface area contributed by atoms with Crippen LogP contribution < -0.4 is 19.0 Å². The third-order valence-corrected chi connectivity index (χ3v) is 5.15. The average Bonchev–Trinajstić information content (AvgIpc) is 2.70. The average molecular weight is 435 g/mol. The molecule has 0 saturated carbocycles. The van der Waals surface area contributed by atoms with Gasteiger partial charge in [-0.1, -0.05) is 13.3 Å². The Labute approximate surface area is 179 Å². The lowest BCUT2D eigenvalue weighted by atomic mass is 10.2.